The third-order valence-corrected chi connectivity index (χ3v) is 11.4. The van der Waals surface area contributed by atoms with Crippen molar-refractivity contribution in [3.05, 3.63) is 186 Å². The van der Waals surface area contributed by atoms with Crippen LogP contribution in [0.3, 0.4) is 0 Å². The van der Waals surface area contributed by atoms with E-state index in [0.717, 1.165) is 55.8 Å². The van der Waals surface area contributed by atoms with Crippen molar-refractivity contribution in [3.63, 3.8) is 0 Å². The number of pyridine rings is 1. The first-order valence-corrected chi connectivity index (χ1v) is 18.9. The zero-order valence-corrected chi connectivity index (χ0v) is 30.7. The number of nitrogens with zero attached hydrogens (tertiary/aromatic N) is 5. The van der Waals surface area contributed by atoms with E-state index >= 15 is 0 Å². The van der Waals surface area contributed by atoms with Gasteiger partial charge in [0.1, 0.15) is 17.8 Å². The molecular formula is C47H41N5O3. The predicted molar refractivity (Wildman–Crippen MR) is 215 cm³/mol. The predicted octanol–water partition coefficient (Wildman–Crippen LogP) is 9.01. The van der Waals surface area contributed by atoms with E-state index in [2.05, 4.69) is 101 Å². The first-order chi connectivity index (χ1) is 27.0. The summed E-state index contributed by atoms with van der Waals surface area (Å²) in [6.45, 7) is 3.60. The molecule has 0 saturated carbocycles. The highest BCUT2D eigenvalue weighted by Crippen LogP contribution is 2.46. The molecule has 8 nitrogen and oxygen atoms in total. The number of ether oxygens (including phenoxy) is 1. The smallest absolute Gasteiger partial charge is 0.410 e. The SMILES string of the molecule is Cc1cc(-c2nn(C(c3ccccc3)(c3ccccc3)c3ccccc3)c3ccc(N4CC[C@]5(CCN(C(=O)OCc6ccccc6)C5)C4=O)cc23)ccn1. The molecule has 7 aromatic rings. The maximum absolute atomic E-state index is 14.5. The van der Waals surface area contributed by atoms with Gasteiger partial charge in [0, 0.05) is 48.2 Å². The number of hydrogen-bond acceptors (Lipinski definition) is 5. The van der Waals surface area contributed by atoms with Gasteiger partial charge in [-0.1, -0.05) is 121 Å². The summed E-state index contributed by atoms with van der Waals surface area (Å²) in [7, 11) is 0. The molecule has 0 unspecified atom stereocenters. The molecule has 1 atom stereocenters. The molecule has 8 heteroatoms. The Bertz CT molecular complexity index is 2390. The molecule has 0 N–H and O–H groups in total. The number of carbonyl (C=O) groups excluding carboxylic acids is 2. The van der Waals surface area contributed by atoms with E-state index in [0.29, 0.717) is 32.5 Å². The van der Waals surface area contributed by atoms with Crippen LogP contribution in [0.5, 0.6) is 0 Å². The lowest BCUT2D eigenvalue weighted by atomic mass is 9.77. The molecule has 1 spiro atoms. The van der Waals surface area contributed by atoms with E-state index in [1.54, 1.807) is 4.90 Å². The normalized spacial score (nSPS) is 17.0. The van der Waals surface area contributed by atoms with Gasteiger partial charge in [-0.15, -0.1) is 0 Å². The average molecular weight is 724 g/mol. The number of fused-ring (bicyclic) bond motifs is 1. The molecule has 0 aliphatic carbocycles. The van der Waals surface area contributed by atoms with Gasteiger partial charge < -0.3 is 14.5 Å². The van der Waals surface area contributed by atoms with E-state index in [9.17, 15) is 9.59 Å². The van der Waals surface area contributed by atoms with Crippen LogP contribution in [-0.2, 0) is 21.7 Å². The highest BCUT2D eigenvalue weighted by molar-refractivity contribution is 6.04. The van der Waals surface area contributed by atoms with Crippen molar-refractivity contribution < 1.29 is 14.3 Å². The molecular weight excluding hydrogens is 683 g/mol. The molecule has 272 valence electrons. The fraction of sp³-hybridized carbons (Fsp3) is 0.191. The summed E-state index contributed by atoms with van der Waals surface area (Å²) >= 11 is 0. The third-order valence-electron chi connectivity index (χ3n) is 11.4. The highest BCUT2D eigenvalue weighted by Gasteiger charge is 2.52. The lowest BCUT2D eigenvalue weighted by Crippen LogP contribution is -2.39. The average Bonchev–Trinajstić information content (AvgIpc) is 3.94. The van der Waals surface area contributed by atoms with E-state index in [-0.39, 0.29) is 18.6 Å². The van der Waals surface area contributed by atoms with Crippen LogP contribution in [-0.4, -0.2) is 51.3 Å². The summed E-state index contributed by atoms with van der Waals surface area (Å²) in [5.41, 5.74) is 7.07. The molecule has 55 heavy (non-hydrogen) atoms. The standard InChI is InChI=1S/C47H41N5O3/c1-34-30-36(24-27-48-34)43-41-31-40(51-29-26-46(44(51)53)25-28-50(33-46)45(54)55-32-35-14-6-2-7-15-35)22-23-42(41)52(49-43)47(37-16-8-3-9-17-37,38-18-10-4-11-19-38)39-20-12-5-13-21-39/h2-24,27,30-31H,25-26,28-29,32-33H2,1H3/t46-/m0/s1. The Labute approximate surface area is 320 Å². The monoisotopic (exact) mass is 723 g/mol. The number of likely N-dealkylation sites (tertiary alicyclic amines) is 1. The van der Waals surface area contributed by atoms with Gasteiger partial charge in [-0.2, -0.15) is 5.10 Å². The van der Waals surface area contributed by atoms with Crippen LogP contribution in [0, 0.1) is 12.3 Å². The molecule has 2 fully saturated rings. The molecule has 4 heterocycles. The molecule has 2 saturated heterocycles. The largest absolute Gasteiger partial charge is 0.445 e. The van der Waals surface area contributed by atoms with Crippen LogP contribution in [0.4, 0.5) is 10.5 Å². The van der Waals surface area contributed by atoms with Crippen molar-refractivity contribution in [1.29, 1.82) is 0 Å². The molecule has 2 aromatic heterocycles. The number of rotatable bonds is 8. The van der Waals surface area contributed by atoms with Crippen molar-refractivity contribution in [2.75, 3.05) is 24.5 Å². The van der Waals surface area contributed by atoms with Gasteiger partial charge in [0.25, 0.3) is 0 Å². The second-order valence-electron chi connectivity index (χ2n) is 14.7. The van der Waals surface area contributed by atoms with Crippen LogP contribution < -0.4 is 4.90 Å². The van der Waals surface area contributed by atoms with Gasteiger partial charge >= 0.3 is 6.09 Å². The topological polar surface area (TPSA) is 80.6 Å². The Hall–Kier alpha value is -6.54. The number of benzene rings is 5. The molecule has 2 aliphatic heterocycles. The van der Waals surface area contributed by atoms with Crippen LogP contribution >= 0.6 is 0 Å². The zero-order chi connectivity index (χ0) is 37.4. The fourth-order valence-corrected chi connectivity index (χ4v) is 8.63. The maximum atomic E-state index is 14.5. The van der Waals surface area contributed by atoms with Gasteiger partial charge in [-0.25, -0.2) is 9.48 Å². The summed E-state index contributed by atoms with van der Waals surface area (Å²) in [4.78, 5) is 35.7. The van der Waals surface area contributed by atoms with Crippen LogP contribution in [0.2, 0.25) is 0 Å². The minimum Gasteiger partial charge on any atom is -0.445 e. The molecule has 5 aromatic carbocycles. The number of carbonyl (C=O) groups is 2. The summed E-state index contributed by atoms with van der Waals surface area (Å²) < 4.78 is 7.81. The van der Waals surface area contributed by atoms with E-state index in [1.807, 2.05) is 78.7 Å². The maximum Gasteiger partial charge on any atom is 0.410 e. The summed E-state index contributed by atoms with van der Waals surface area (Å²) in [6.07, 6.45) is 2.72. The van der Waals surface area contributed by atoms with Gasteiger partial charge in [0.05, 0.1) is 10.9 Å². The summed E-state index contributed by atoms with van der Waals surface area (Å²) in [5.74, 6) is 0.0473. The molecule has 0 bridgehead atoms. The first kappa shape index (κ1) is 34.2. The molecule has 0 radical (unpaired) electrons. The Morgan fingerprint density at radius 2 is 1.35 bits per heavy atom. The van der Waals surface area contributed by atoms with E-state index in [4.69, 9.17) is 9.84 Å². The zero-order valence-electron chi connectivity index (χ0n) is 30.7. The number of aryl methyl sites for hydroxylation is 1. The quantitative estimate of drug-likeness (QED) is 0.146. The van der Waals surface area contributed by atoms with Gasteiger partial charge in [0.15, 0.2) is 0 Å². The number of hydrogen-bond donors (Lipinski definition) is 0. The second kappa shape index (κ2) is 14.0. The van der Waals surface area contributed by atoms with E-state index in [1.165, 1.54) is 0 Å². The van der Waals surface area contributed by atoms with Gasteiger partial charge in [-0.3, -0.25) is 9.78 Å². The van der Waals surface area contributed by atoms with Crippen LogP contribution in [0.15, 0.2) is 158 Å². The Morgan fingerprint density at radius 1 is 0.745 bits per heavy atom. The molecule has 2 aliphatic rings. The third kappa shape index (κ3) is 5.94. The molecule has 9 rings (SSSR count). The van der Waals surface area contributed by atoms with Gasteiger partial charge in [0.2, 0.25) is 5.91 Å². The lowest BCUT2D eigenvalue weighted by Gasteiger charge is -2.37. The summed E-state index contributed by atoms with van der Waals surface area (Å²) in [6, 6.07) is 51.6. The fourth-order valence-electron chi connectivity index (χ4n) is 8.63. The van der Waals surface area contributed by atoms with Crippen molar-refractivity contribution >= 4 is 28.6 Å². The van der Waals surface area contributed by atoms with Crippen LogP contribution in [0.1, 0.15) is 40.8 Å². The number of anilines is 1. The van der Waals surface area contributed by atoms with Crippen molar-refractivity contribution in [2.24, 2.45) is 5.41 Å². The Morgan fingerprint density at radius 3 is 1.96 bits per heavy atom. The lowest BCUT2D eigenvalue weighted by molar-refractivity contribution is -0.124. The number of aromatic nitrogens is 3. The summed E-state index contributed by atoms with van der Waals surface area (Å²) in [5, 5.41) is 6.49. The van der Waals surface area contributed by atoms with Crippen molar-refractivity contribution in [3.8, 4) is 11.3 Å². The van der Waals surface area contributed by atoms with Gasteiger partial charge in [-0.05, 0) is 72.4 Å². The van der Waals surface area contributed by atoms with Crippen LogP contribution in [0.25, 0.3) is 22.2 Å². The van der Waals surface area contributed by atoms with Crippen molar-refractivity contribution in [2.45, 2.75) is 31.9 Å². The second-order valence-corrected chi connectivity index (χ2v) is 14.7. The highest BCUT2D eigenvalue weighted by atomic mass is 16.6. The minimum atomic E-state index is -0.834. The minimum absolute atomic E-state index is 0.0473. The Balaban J connectivity index is 1.14. The van der Waals surface area contributed by atoms with E-state index < -0.39 is 11.0 Å². The Kier molecular flexibility index (Phi) is 8.73. The van der Waals surface area contributed by atoms with Crippen molar-refractivity contribution in [1.82, 2.24) is 19.7 Å². The number of amides is 2. The first-order valence-electron chi connectivity index (χ1n) is 18.9. The molecule has 2 amide bonds.